The third-order valence-electron chi connectivity index (χ3n) is 5.03. The van der Waals surface area contributed by atoms with E-state index in [0.717, 1.165) is 36.1 Å². The van der Waals surface area contributed by atoms with Crippen molar-refractivity contribution in [3.8, 4) is 0 Å². The van der Waals surface area contributed by atoms with Crippen LogP contribution in [-0.4, -0.2) is 53.3 Å². The summed E-state index contributed by atoms with van der Waals surface area (Å²) in [5, 5.41) is 9.68. The molecule has 174 valence electrons. The van der Waals surface area contributed by atoms with Crippen LogP contribution in [0.3, 0.4) is 0 Å². The van der Waals surface area contributed by atoms with Gasteiger partial charge in [-0.3, -0.25) is 4.99 Å². The third kappa shape index (κ3) is 8.54. The summed E-state index contributed by atoms with van der Waals surface area (Å²) in [5.41, 5.74) is 1.07. The number of carbonyl (C=O) groups is 1. The van der Waals surface area contributed by atoms with Gasteiger partial charge in [-0.05, 0) is 45.7 Å². The highest BCUT2D eigenvalue weighted by molar-refractivity contribution is 14.0. The molecule has 4 N–H and O–H groups in total. The van der Waals surface area contributed by atoms with E-state index in [9.17, 15) is 4.79 Å². The van der Waals surface area contributed by atoms with E-state index in [-0.39, 0.29) is 24.0 Å². The molecular weight excluding hydrogens is 507 g/mol. The number of H-pyrrole nitrogens is 1. The van der Waals surface area contributed by atoms with Crippen LogP contribution in [0, 0.1) is 0 Å². The Morgan fingerprint density at radius 2 is 1.84 bits per heavy atom. The van der Waals surface area contributed by atoms with E-state index in [1.807, 2.05) is 45.0 Å². The number of benzene rings is 1. The zero-order valence-electron chi connectivity index (χ0n) is 19.5. The molecule has 0 aliphatic heterocycles. The molecule has 1 aromatic heterocycles. The molecule has 0 bridgehead atoms. The van der Waals surface area contributed by atoms with Crippen molar-refractivity contribution in [2.45, 2.75) is 65.0 Å². The van der Waals surface area contributed by atoms with Gasteiger partial charge >= 0.3 is 6.09 Å². The van der Waals surface area contributed by atoms with E-state index in [1.165, 1.54) is 0 Å². The van der Waals surface area contributed by atoms with Crippen molar-refractivity contribution in [3.63, 3.8) is 0 Å². The van der Waals surface area contributed by atoms with Crippen molar-refractivity contribution in [2.24, 2.45) is 4.99 Å². The van der Waals surface area contributed by atoms with E-state index in [0.29, 0.717) is 19.0 Å². The van der Waals surface area contributed by atoms with Crippen LogP contribution in [0.25, 0.3) is 11.0 Å². The molecule has 2 aromatic rings. The summed E-state index contributed by atoms with van der Waals surface area (Å²) < 4.78 is 5.43. The Morgan fingerprint density at radius 1 is 1.16 bits per heavy atom. The zero-order valence-corrected chi connectivity index (χ0v) is 21.8. The van der Waals surface area contributed by atoms with Gasteiger partial charge < -0.3 is 25.7 Å². The van der Waals surface area contributed by atoms with Crippen molar-refractivity contribution in [1.82, 2.24) is 25.9 Å². The molecule has 31 heavy (non-hydrogen) atoms. The number of aliphatic imine (C=N–C) groups is 1. The van der Waals surface area contributed by atoms with Gasteiger partial charge in [0.15, 0.2) is 5.96 Å². The molecular formula is C22H37IN6O2. The maximum atomic E-state index is 12.3. The van der Waals surface area contributed by atoms with Gasteiger partial charge in [-0.15, -0.1) is 24.0 Å². The van der Waals surface area contributed by atoms with E-state index < -0.39 is 17.2 Å². The first-order valence-corrected chi connectivity index (χ1v) is 10.6. The number of fused-ring (bicyclic) bond motifs is 1. The number of hydrogen-bond acceptors (Lipinski definition) is 4. The monoisotopic (exact) mass is 544 g/mol. The number of nitrogens with zero attached hydrogens (tertiary/aromatic N) is 2. The van der Waals surface area contributed by atoms with Crippen LogP contribution in [0.1, 0.15) is 53.3 Å². The van der Waals surface area contributed by atoms with E-state index in [2.05, 4.69) is 44.8 Å². The number of alkyl carbamates (subject to hydrolysis) is 1. The molecule has 0 aliphatic rings. The van der Waals surface area contributed by atoms with Gasteiger partial charge in [0, 0.05) is 26.6 Å². The number of carbonyl (C=O) groups excluding carboxylic acids is 1. The van der Waals surface area contributed by atoms with Crippen molar-refractivity contribution in [3.05, 3.63) is 30.1 Å². The summed E-state index contributed by atoms with van der Waals surface area (Å²) in [7, 11) is 1.73. The Kier molecular flexibility index (Phi) is 10.5. The Hall–Kier alpha value is -2.04. The van der Waals surface area contributed by atoms with Gasteiger partial charge in [-0.1, -0.05) is 26.0 Å². The average molecular weight is 544 g/mol. The zero-order chi connectivity index (χ0) is 22.2. The summed E-state index contributed by atoms with van der Waals surface area (Å²) in [4.78, 5) is 24.5. The van der Waals surface area contributed by atoms with E-state index in [1.54, 1.807) is 7.05 Å². The van der Waals surface area contributed by atoms with Crippen LogP contribution in [0.4, 0.5) is 4.79 Å². The molecule has 2 rings (SSSR count). The maximum absolute atomic E-state index is 12.3. The Balaban J connectivity index is 0.00000480. The lowest BCUT2D eigenvalue weighted by Gasteiger charge is -2.34. The molecule has 0 saturated heterocycles. The van der Waals surface area contributed by atoms with Crippen molar-refractivity contribution >= 4 is 47.1 Å². The first-order chi connectivity index (χ1) is 14.2. The molecule has 9 heteroatoms. The van der Waals surface area contributed by atoms with Gasteiger partial charge in [-0.25, -0.2) is 9.78 Å². The quantitative estimate of drug-likeness (QED) is 0.229. The lowest BCUT2D eigenvalue weighted by atomic mass is 9.93. The topological polar surface area (TPSA) is 103 Å². The summed E-state index contributed by atoms with van der Waals surface area (Å²) in [6.07, 6.45) is 1.89. The van der Waals surface area contributed by atoms with Crippen LogP contribution in [0.15, 0.2) is 29.3 Å². The molecule has 0 radical (unpaired) electrons. The lowest BCUT2D eigenvalue weighted by Crippen LogP contribution is -2.57. The third-order valence-corrected chi connectivity index (χ3v) is 5.03. The van der Waals surface area contributed by atoms with Crippen LogP contribution in [-0.2, 0) is 11.2 Å². The first-order valence-electron chi connectivity index (χ1n) is 10.6. The normalized spacial score (nSPS) is 12.3. The number of aromatic amines is 1. The van der Waals surface area contributed by atoms with Gasteiger partial charge in [0.05, 0.1) is 16.6 Å². The summed E-state index contributed by atoms with van der Waals surface area (Å²) in [6.45, 7) is 10.9. The second-order valence-electron chi connectivity index (χ2n) is 8.42. The Labute approximate surface area is 202 Å². The van der Waals surface area contributed by atoms with Crippen LogP contribution < -0.4 is 16.0 Å². The smallest absolute Gasteiger partial charge is 0.408 e. The second-order valence-corrected chi connectivity index (χ2v) is 8.42. The molecule has 0 aliphatic carbocycles. The van der Waals surface area contributed by atoms with Gasteiger partial charge in [0.1, 0.15) is 11.4 Å². The molecule has 1 aromatic carbocycles. The van der Waals surface area contributed by atoms with Crippen molar-refractivity contribution < 1.29 is 9.53 Å². The molecule has 1 heterocycles. The van der Waals surface area contributed by atoms with E-state index in [4.69, 9.17) is 4.74 Å². The molecule has 0 unspecified atom stereocenters. The number of aromatic nitrogens is 2. The average Bonchev–Trinajstić information content (AvgIpc) is 3.10. The van der Waals surface area contributed by atoms with E-state index >= 15 is 0 Å². The number of nitrogens with one attached hydrogen (secondary N) is 4. The minimum absolute atomic E-state index is 0. The number of rotatable bonds is 8. The fourth-order valence-electron chi connectivity index (χ4n) is 3.14. The Morgan fingerprint density at radius 3 is 2.42 bits per heavy atom. The number of guanidine groups is 1. The van der Waals surface area contributed by atoms with Gasteiger partial charge in [0.25, 0.3) is 0 Å². The summed E-state index contributed by atoms with van der Waals surface area (Å²) in [5.74, 6) is 1.62. The molecule has 8 nitrogen and oxygen atoms in total. The molecule has 0 fully saturated rings. The highest BCUT2D eigenvalue weighted by Crippen LogP contribution is 2.16. The summed E-state index contributed by atoms with van der Waals surface area (Å²) >= 11 is 0. The number of ether oxygens (including phenoxy) is 1. The standard InChI is InChI=1S/C22H36N6O2.HI/c1-7-22(8-2,28-20(29)30-21(3,4)5)15-25-19(23-6)24-14-13-18-26-16-11-9-10-12-17(16)27-18;/h9-12H,7-8,13-15H2,1-6H3,(H,26,27)(H,28,29)(H2,23,24,25);1H. The minimum Gasteiger partial charge on any atom is -0.444 e. The number of para-hydroxylation sites is 2. The largest absolute Gasteiger partial charge is 0.444 e. The Bertz CT molecular complexity index is 822. The highest BCUT2D eigenvalue weighted by atomic mass is 127. The highest BCUT2D eigenvalue weighted by Gasteiger charge is 2.30. The van der Waals surface area contributed by atoms with Crippen LogP contribution in [0.5, 0.6) is 0 Å². The van der Waals surface area contributed by atoms with Crippen molar-refractivity contribution in [1.29, 1.82) is 0 Å². The fraction of sp³-hybridized carbons (Fsp3) is 0.591. The number of hydrogen-bond donors (Lipinski definition) is 4. The molecule has 1 amide bonds. The van der Waals surface area contributed by atoms with Crippen LogP contribution in [0.2, 0.25) is 0 Å². The number of imidazole rings is 1. The molecule has 0 saturated carbocycles. The maximum Gasteiger partial charge on any atom is 0.408 e. The molecule has 0 spiro atoms. The fourth-order valence-corrected chi connectivity index (χ4v) is 3.14. The van der Waals surface area contributed by atoms with Crippen LogP contribution >= 0.6 is 24.0 Å². The first kappa shape index (κ1) is 27.0. The predicted octanol–water partition coefficient (Wildman–Crippen LogP) is 3.97. The predicted molar refractivity (Wildman–Crippen MR) is 137 cm³/mol. The van der Waals surface area contributed by atoms with Gasteiger partial charge in [0.2, 0.25) is 0 Å². The summed E-state index contributed by atoms with van der Waals surface area (Å²) in [6, 6.07) is 7.99. The minimum atomic E-state index is -0.529. The lowest BCUT2D eigenvalue weighted by molar-refractivity contribution is 0.0448. The SMILES string of the molecule is CCC(CC)(CNC(=NC)NCCc1nc2ccccc2[nH]1)NC(=O)OC(C)(C)C.I. The number of halogens is 1. The molecule has 0 atom stereocenters. The van der Waals surface area contributed by atoms with Crippen molar-refractivity contribution in [2.75, 3.05) is 20.1 Å². The second kappa shape index (κ2) is 12.1. The van der Waals surface area contributed by atoms with Gasteiger partial charge in [-0.2, -0.15) is 0 Å². The number of amides is 1.